The number of benzene rings is 2. The van der Waals surface area contributed by atoms with Crippen LogP contribution < -0.4 is 4.74 Å². The zero-order valence-corrected chi connectivity index (χ0v) is 16.2. The second-order valence-electron chi connectivity index (χ2n) is 8.16. The predicted molar refractivity (Wildman–Crippen MR) is 104 cm³/mol. The van der Waals surface area contributed by atoms with E-state index in [4.69, 9.17) is 9.84 Å². The Hall–Kier alpha value is -2.62. The first kappa shape index (κ1) is 19.2. The minimum Gasteiger partial charge on any atom is -0.478 e. The highest BCUT2D eigenvalue weighted by molar-refractivity contribution is 5.88. The van der Waals surface area contributed by atoms with E-state index in [9.17, 15) is 9.59 Å². The van der Waals surface area contributed by atoms with Gasteiger partial charge in [-0.05, 0) is 67.5 Å². The highest BCUT2D eigenvalue weighted by Gasteiger charge is 2.46. The number of aromatic carboxylic acids is 1. The lowest BCUT2D eigenvalue weighted by atomic mass is 9.60. The van der Waals surface area contributed by atoms with Crippen molar-refractivity contribution in [2.75, 3.05) is 0 Å². The van der Waals surface area contributed by atoms with Gasteiger partial charge >= 0.3 is 11.9 Å². The molecule has 0 spiro atoms. The van der Waals surface area contributed by atoms with Crippen LogP contribution in [0.1, 0.15) is 55.1 Å². The molecule has 0 fully saturated rings. The summed E-state index contributed by atoms with van der Waals surface area (Å²) < 4.78 is 5.63. The van der Waals surface area contributed by atoms with Gasteiger partial charge in [0.05, 0.1) is 11.0 Å². The number of hydrogen-bond acceptors (Lipinski definition) is 3. The fourth-order valence-corrected chi connectivity index (χ4v) is 4.25. The summed E-state index contributed by atoms with van der Waals surface area (Å²) in [6, 6.07) is 14.3. The van der Waals surface area contributed by atoms with Gasteiger partial charge in [-0.1, -0.05) is 38.1 Å². The van der Waals surface area contributed by atoms with Crippen molar-refractivity contribution in [1.82, 2.24) is 0 Å². The van der Waals surface area contributed by atoms with Gasteiger partial charge in [0.25, 0.3) is 0 Å². The van der Waals surface area contributed by atoms with Crippen LogP contribution in [-0.2, 0) is 11.2 Å². The van der Waals surface area contributed by atoms with Crippen LogP contribution in [0.2, 0.25) is 0 Å². The normalized spacial score (nSPS) is 22.0. The van der Waals surface area contributed by atoms with E-state index in [1.807, 2.05) is 26.0 Å². The molecule has 4 nitrogen and oxygen atoms in total. The van der Waals surface area contributed by atoms with E-state index >= 15 is 0 Å². The summed E-state index contributed by atoms with van der Waals surface area (Å²) in [5, 5.41) is 9.00. The lowest BCUT2D eigenvalue weighted by Gasteiger charge is -2.43. The van der Waals surface area contributed by atoms with Crippen molar-refractivity contribution in [3.05, 3.63) is 65.2 Å². The molecule has 0 aromatic heterocycles. The number of carboxylic acids is 1. The molecule has 4 heteroatoms. The zero-order chi connectivity index (χ0) is 19.8. The van der Waals surface area contributed by atoms with Crippen LogP contribution in [0, 0.1) is 17.3 Å². The van der Waals surface area contributed by atoms with Gasteiger partial charge in [-0.2, -0.15) is 0 Å². The highest BCUT2D eigenvalue weighted by atomic mass is 16.5. The number of carbonyl (C=O) groups excluding carboxylic acids is 1. The molecule has 0 radical (unpaired) electrons. The number of carbonyl (C=O) groups is 2. The van der Waals surface area contributed by atoms with Crippen LogP contribution in [0.25, 0.3) is 0 Å². The Labute approximate surface area is 160 Å². The van der Waals surface area contributed by atoms with Crippen molar-refractivity contribution in [2.24, 2.45) is 17.3 Å². The fourth-order valence-electron chi connectivity index (χ4n) is 4.25. The van der Waals surface area contributed by atoms with Crippen LogP contribution in [-0.4, -0.2) is 17.0 Å². The quantitative estimate of drug-likeness (QED) is 0.616. The molecule has 3 rings (SSSR count). The predicted octanol–water partition coefficient (Wildman–Crippen LogP) is 4.93. The number of esters is 1. The molecule has 0 saturated carbocycles. The lowest BCUT2D eigenvalue weighted by molar-refractivity contribution is -0.146. The Bertz CT molecular complexity index is 851. The summed E-state index contributed by atoms with van der Waals surface area (Å²) in [7, 11) is 0. The van der Waals surface area contributed by atoms with Crippen molar-refractivity contribution in [3.8, 4) is 5.75 Å². The van der Waals surface area contributed by atoms with Gasteiger partial charge in [-0.15, -0.1) is 0 Å². The Morgan fingerprint density at radius 1 is 1.04 bits per heavy atom. The molecule has 27 heavy (non-hydrogen) atoms. The molecule has 142 valence electrons. The Morgan fingerprint density at radius 3 is 2.30 bits per heavy atom. The van der Waals surface area contributed by atoms with Crippen molar-refractivity contribution in [1.29, 1.82) is 0 Å². The molecule has 0 saturated heterocycles. The van der Waals surface area contributed by atoms with Crippen molar-refractivity contribution < 1.29 is 19.4 Å². The van der Waals surface area contributed by atoms with Crippen LogP contribution in [0.15, 0.2) is 48.5 Å². The third-order valence-corrected chi connectivity index (χ3v) is 5.97. The molecule has 3 atom stereocenters. The van der Waals surface area contributed by atoms with E-state index in [1.54, 1.807) is 0 Å². The number of rotatable bonds is 4. The van der Waals surface area contributed by atoms with Gasteiger partial charge in [-0.25, -0.2) is 4.79 Å². The van der Waals surface area contributed by atoms with Crippen LogP contribution in [0.4, 0.5) is 0 Å². The second kappa shape index (κ2) is 7.18. The van der Waals surface area contributed by atoms with Crippen molar-refractivity contribution >= 4 is 11.9 Å². The molecule has 2 aromatic rings. The first-order chi connectivity index (χ1) is 12.7. The Balaban J connectivity index is 1.88. The minimum absolute atomic E-state index is 0.0586. The number of carboxylic acid groups (broad SMARTS) is 1. The van der Waals surface area contributed by atoms with Gasteiger partial charge in [0.2, 0.25) is 0 Å². The molecule has 0 amide bonds. The van der Waals surface area contributed by atoms with E-state index < -0.39 is 11.4 Å². The smallest absolute Gasteiger partial charge is 0.335 e. The molecule has 3 unspecified atom stereocenters. The van der Waals surface area contributed by atoms with Crippen LogP contribution in [0.5, 0.6) is 5.75 Å². The number of hydrogen-bond donors (Lipinski definition) is 1. The summed E-state index contributed by atoms with van der Waals surface area (Å²) in [6.45, 7) is 8.33. The third kappa shape index (κ3) is 3.61. The summed E-state index contributed by atoms with van der Waals surface area (Å²) in [5.74, 6) is -0.0593. The summed E-state index contributed by atoms with van der Waals surface area (Å²) in [4.78, 5) is 24.1. The molecule has 0 heterocycles. The van der Waals surface area contributed by atoms with Crippen LogP contribution in [0.3, 0.4) is 0 Å². The van der Waals surface area contributed by atoms with Crippen LogP contribution >= 0.6 is 0 Å². The third-order valence-electron chi connectivity index (χ3n) is 5.97. The Kier molecular flexibility index (Phi) is 5.09. The SMILES string of the molecule is CC1Cc2ccccc2C(C(C)(C)C(=O)Oc2ccc(C(=O)O)cc2)C1C. The van der Waals surface area contributed by atoms with E-state index in [0.29, 0.717) is 17.6 Å². The molecule has 0 aliphatic heterocycles. The maximum Gasteiger partial charge on any atom is 0.335 e. The van der Waals surface area contributed by atoms with E-state index in [-0.39, 0.29) is 17.5 Å². The zero-order valence-electron chi connectivity index (χ0n) is 16.2. The van der Waals surface area contributed by atoms with Gasteiger partial charge in [0, 0.05) is 5.92 Å². The second-order valence-corrected chi connectivity index (χ2v) is 8.16. The molecule has 0 bridgehead atoms. The standard InChI is InChI=1S/C23H26O4/c1-14-13-17-7-5-6-8-19(17)20(15(14)2)23(3,4)22(26)27-18-11-9-16(10-12-18)21(24)25/h5-12,14-15,20H,13H2,1-4H3,(H,24,25). The Morgan fingerprint density at radius 2 is 1.67 bits per heavy atom. The van der Waals surface area contributed by atoms with Gasteiger partial charge < -0.3 is 9.84 Å². The summed E-state index contributed by atoms with van der Waals surface area (Å²) >= 11 is 0. The largest absolute Gasteiger partial charge is 0.478 e. The fraction of sp³-hybridized carbons (Fsp3) is 0.391. The lowest BCUT2D eigenvalue weighted by Crippen LogP contribution is -2.42. The molecular formula is C23H26O4. The van der Waals surface area contributed by atoms with Gasteiger partial charge in [0.15, 0.2) is 0 Å². The number of fused-ring (bicyclic) bond motifs is 1. The molecule has 1 aliphatic carbocycles. The first-order valence-corrected chi connectivity index (χ1v) is 9.35. The summed E-state index contributed by atoms with van der Waals surface area (Å²) in [5.41, 5.74) is 1.99. The average molecular weight is 366 g/mol. The van der Waals surface area contributed by atoms with E-state index in [2.05, 4.69) is 26.0 Å². The van der Waals surface area contributed by atoms with Crippen molar-refractivity contribution in [2.45, 2.75) is 40.0 Å². The van der Waals surface area contributed by atoms with Gasteiger partial charge in [0.1, 0.15) is 5.75 Å². The average Bonchev–Trinajstić information content (AvgIpc) is 2.62. The summed E-state index contributed by atoms with van der Waals surface area (Å²) in [6.07, 6.45) is 1.02. The molecule has 1 aliphatic rings. The molecule has 1 N–H and O–H groups in total. The first-order valence-electron chi connectivity index (χ1n) is 9.35. The minimum atomic E-state index is -1.00. The van der Waals surface area contributed by atoms with Crippen molar-refractivity contribution in [3.63, 3.8) is 0 Å². The monoisotopic (exact) mass is 366 g/mol. The van der Waals surface area contributed by atoms with Gasteiger partial charge in [-0.3, -0.25) is 4.79 Å². The molecule has 2 aromatic carbocycles. The highest BCUT2D eigenvalue weighted by Crippen LogP contribution is 2.49. The maximum atomic E-state index is 13.1. The topological polar surface area (TPSA) is 63.6 Å². The molecular weight excluding hydrogens is 340 g/mol. The van der Waals surface area contributed by atoms with E-state index in [1.165, 1.54) is 35.4 Å². The number of ether oxygens (including phenoxy) is 1. The maximum absolute atomic E-state index is 13.1. The van der Waals surface area contributed by atoms with E-state index in [0.717, 1.165) is 6.42 Å².